The molecule has 8 nitrogen and oxygen atoms in total. The average molecular weight is 525 g/mol. The number of aromatic nitrogens is 2. The zero-order chi connectivity index (χ0) is 25.9. The molecule has 0 bridgehead atoms. The van der Waals surface area contributed by atoms with Gasteiger partial charge in [0.25, 0.3) is 5.91 Å². The molecule has 1 N–H and O–H groups in total. The number of anilines is 1. The molecule has 36 heavy (non-hydrogen) atoms. The van der Waals surface area contributed by atoms with E-state index in [1.165, 1.54) is 10.6 Å². The number of rotatable bonds is 8. The molecular formula is C26H25ClN4O4S. The van der Waals surface area contributed by atoms with Crippen LogP contribution in [0.1, 0.15) is 32.9 Å². The molecule has 1 amide bonds. The van der Waals surface area contributed by atoms with Gasteiger partial charge in [-0.05, 0) is 66.9 Å². The number of nitrogens with zero attached hydrogens (tertiary/aromatic N) is 3. The summed E-state index contributed by atoms with van der Waals surface area (Å²) >= 11 is 5.90. The van der Waals surface area contributed by atoms with E-state index in [4.69, 9.17) is 16.1 Å². The van der Waals surface area contributed by atoms with Crippen LogP contribution in [0.25, 0.3) is 11.4 Å². The molecule has 4 aromatic rings. The number of hydrogen-bond acceptors (Lipinski definition) is 6. The van der Waals surface area contributed by atoms with E-state index in [1.807, 2.05) is 32.0 Å². The SMILES string of the molecule is Cc1cccc(C)c1N(Cc1ccc(C(=O)NCc2nc(-c3ccc(Cl)cc3)no2)cc1)S(C)(=O)=O. The van der Waals surface area contributed by atoms with Crippen molar-refractivity contribution in [3.05, 3.63) is 99.9 Å². The summed E-state index contributed by atoms with van der Waals surface area (Å²) in [6, 6.07) is 19.5. The van der Waals surface area contributed by atoms with Crippen molar-refractivity contribution >= 4 is 33.2 Å². The fourth-order valence-corrected chi connectivity index (χ4v) is 4.92. The summed E-state index contributed by atoms with van der Waals surface area (Å²) < 4.78 is 31.8. The molecule has 0 aliphatic carbocycles. The summed E-state index contributed by atoms with van der Waals surface area (Å²) in [5, 5.41) is 7.29. The minimum Gasteiger partial charge on any atom is -0.343 e. The number of halogens is 1. The molecule has 0 aliphatic rings. The zero-order valence-electron chi connectivity index (χ0n) is 20.0. The summed E-state index contributed by atoms with van der Waals surface area (Å²) in [6.45, 7) is 3.99. The Morgan fingerprint density at radius 2 is 1.64 bits per heavy atom. The molecule has 1 aromatic heterocycles. The summed E-state index contributed by atoms with van der Waals surface area (Å²) in [5.74, 6) is 0.351. The van der Waals surface area contributed by atoms with E-state index >= 15 is 0 Å². The van der Waals surface area contributed by atoms with Crippen molar-refractivity contribution in [3.63, 3.8) is 0 Å². The number of amides is 1. The first kappa shape index (κ1) is 25.4. The summed E-state index contributed by atoms with van der Waals surface area (Å²) in [7, 11) is -3.52. The topological polar surface area (TPSA) is 105 Å². The molecule has 0 atom stereocenters. The lowest BCUT2D eigenvalue weighted by Gasteiger charge is -2.26. The van der Waals surface area contributed by atoms with Crippen LogP contribution in [-0.4, -0.2) is 30.7 Å². The minimum atomic E-state index is -3.52. The molecule has 3 aromatic carbocycles. The lowest BCUT2D eigenvalue weighted by atomic mass is 10.1. The highest BCUT2D eigenvalue weighted by Gasteiger charge is 2.21. The maximum absolute atomic E-state index is 12.6. The smallest absolute Gasteiger partial charge is 0.251 e. The number of sulfonamides is 1. The first-order valence-electron chi connectivity index (χ1n) is 11.1. The van der Waals surface area contributed by atoms with E-state index in [2.05, 4.69) is 15.5 Å². The predicted octanol–water partition coefficient (Wildman–Crippen LogP) is 4.90. The van der Waals surface area contributed by atoms with E-state index < -0.39 is 10.0 Å². The minimum absolute atomic E-state index is 0.0651. The zero-order valence-corrected chi connectivity index (χ0v) is 21.6. The van der Waals surface area contributed by atoms with Crippen LogP contribution in [0, 0.1) is 13.8 Å². The standard InChI is InChI=1S/C26H25ClN4O4S/c1-17-5-4-6-18(2)24(17)31(36(3,33)34)16-19-7-9-21(10-8-19)26(32)28-15-23-29-25(30-35-23)20-11-13-22(27)14-12-20/h4-14H,15-16H2,1-3H3,(H,28,32). The van der Waals surface area contributed by atoms with Crippen LogP contribution in [0.15, 0.2) is 71.3 Å². The van der Waals surface area contributed by atoms with Crippen LogP contribution in [-0.2, 0) is 23.1 Å². The second kappa shape index (κ2) is 10.5. The normalized spacial score (nSPS) is 11.3. The Hall–Kier alpha value is -3.69. The van der Waals surface area contributed by atoms with Gasteiger partial charge in [-0.15, -0.1) is 0 Å². The highest BCUT2D eigenvalue weighted by molar-refractivity contribution is 7.92. The maximum atomic E-state index is 12.6. The van der Waals surface area contributed by atoms with Gasteiger partial charge < -0.3 is 9.84 Å². The van der Waals surface area contributed by atoms with Gasteiger partial charge >= 0.3 is 0 Å². The van der Waals surface area contributed by atoms with Crippen LogP contribution in [0.4, 0.5) is 5.69 Å². The summed E-state index contributed by atoms with van der Waals surface area (Å²) in [4.78, 5) is 16.9. The molecule has 0 spiro atoms. The monoisotopic (exact) mass is 524 g/mol. The molecule has 1 heterocycles. The van der Waals surface area contributed by atoms with Crippen molar-refractivity contribution in [3.8, 4) is 11.4 Å². The van der Waals surface area contributed by atoms with Crippen LogP contribution in [0.5, 0.6) is 0 Å². The Balaban J connectivity index is 1.42. The number of carbonyl (C=O) groups excluding carboxylic acids is 1. The van der Waals surface area contributed by atoms with Gasteiger partial charge in [0.1, 0.15) is 0 Å². The number of hydrogen-bond donors (Lipinski definition) is 1. The third kappa shape index (κ3) is 5.92. The van der Waals surface area contributed by atoms with E-state index in [-0.39, 0.29) is 24.9 Å². The van der Waals surface area contributed by atoms with Crippen molar-refractivity contribution in [2.45, 2.75) is 26.9 Å². The quantitative estimate of drug-likeness (QED) is 0.351. The fourth-order valence-electron chi connectivity index (χ4n) is 3.79. The van der Waals surface area contributed by atoms with E-state index in [0.29, 0.717) is 22.1 Å². The number of carbonyl (C=O) groups is 1. The molecule has 0 saturated heterocycles. The number of para-hydroxylation sites is 1. The molecule has 186 valence electrons. The van der Waals surface area contributed by atoms with Crippen LogP contribution >= 0.6 is 11.6 Å². The fraction of sp³-hybridized carbons (Fsp3) is 0.192. The van der Waals surface area contributed by atoms with Crippen LogP contribution in [0.3, 0.4) is 0 Å². The maximum Gasteiger partial charge on any atom is 0.251 e. The highest BCUT2D eigenvalue weighted by Crippen LogP contribution is 2.28. The number of benzene rings is 3. The Labute approximate surface area is 215 Å². The summed E-state index contributed by atoms with van der Waals surface area (Å²) in [6.07, 6.45) is 1.19. The van der Waals surface area contributed by atoms with Crippen LogP contribution < -0.4 is 9.62 Å². The van der Waals surface area contributed by atoms with E-state index in [1.54, 1.807) is 48.5 Å². The van der Waals surface area contributed by atoms with Gasteiger partial charge in [0, 0.05) is 16.1 Å². The van der Waals surface area contributed by atoms with Gasteiger partial charge in [-0.2, -0.15) is 4.98 Å². The van der Waals surface area contributed by atoms with Crippen LogP contribution in [0.2, 0.25) is 5.02 Å². The number of aryl methyl sites for hydroxylation is 2. The average Bonchev–Trinajstić information content (AvgIpc) is 3.31. The van der Waals surface area contributed by atoms with Gasteiger partial charge in [-0.1, -0.05) is 47.1 Å². The van der Waals surface area contributed by atoms with E-state index in [9.17, 15) is 13.2 Å². The van der Waals surface area contributed by atoms with Crippen molar-refractivity contribution in [1.82, 2.24) is 15.5 Å². The molecular weight excluding hydrogens is 500 g/mol. The largest absolute Gasteiger partial charge is 0.343 e. The van der Waals surface area contributed by atoms with Gasteiger partial charge in [0.15, 0.2) is 0 Å². The molecule has 10 heteroatoms. The Morgan fingerprint density at radius 3 is 2.25 bits per heavy atom. The van der Waals surface area contributed by atoms with Crippen molar-refractivity contribution < 1.29 is 17.7 Å². The molecule has 0 aliphatic heterocycles. The first-order chi connectivity index (χ1) is 17.1. The highest BCUT2D eigenvalue weighted by atomic mass is 35.5. The van der Waals surface area contributed by atoms with Gasteiger partial charge in [-0.3, -0.25) is 9.10 Å². The number of nitrogens with one attached hydrogen (secondary N) is 1. The second-order valence-corrected chi connectivity index (χ2v) is 10.8. The molecule has 0 saturated carbocycles. The van der Waals surface area contributed by atoms with Crippen molar-refractivity contribution in [1.29, 1.82) is 0 Å². The van der Waals surface area contributed by atoms with Gasteiger partial charge in [-0.25, -0.2) is 8.42 Å². The summed E-state index contributed by atoms with van der Waals surface area (Å²) in [5.41, 5.74) is 4.34. The lowest BCUT2D eigenvalue weighted by molar-refractivity contribution is 0.0946. The third-order valence-corrected chi connectivity index (χ3v) is 6.97. The van der Waals surface area contributed by atoms with Gasteiger partial charge in [0.2, 0.25) is 21.7 Å². The third-order valence-electron chi connectivity index (χ3n) is 5.60. The van der Waals surface area contributed by atoms with Crippen molar-refractivity contribution in [2.24, 2.45) is 0 Å². The van der Waals surface area contributed by atoms with Gasteiger partial charge in [0.05, 0.1) is 25.0 Å². The Morgan fingerprint density at radius 1 is 1.00 bits per heavy atom. The molecule has 0 unspecified atom stereocenters. The Kier molecular flexibility index (Phi) is 7.42. The predicted molar refractivity (Wildman–Crippen MR) is 139 cm³/mol. The van der Waals surface area contributed by atoms with Crippen molar-refractivity contribution in [2.75, 3.05) is 10.6 Å². The van der Waals surface area contributed by atoms with E-state index in [0.717, 1.165) is 22.3 Å². The molecule has 4 rings (SSSR count). The molecule has 0 radical (unpaired) electrons. The molecule has 0 fully saturated rings. The lowest BCUT2D eigenvalue weighted by Crippen LogP contribution is -2.30. The second-order valence-electron chi connectivity index (χ2n) is 8.41. The Bertz CT molecular complexity index is 1460. The first-order valence-corrected chi connectivity index (χ1v) is 13.3.